The van der Waals surface area contributed by atoms with Gasteiger partial charge < -0.3 is 10.4 Å². The summed E-state index contributed by atoms with van der Waals surface area (Å²) in [6, 6.07) is 6.08. The molecular weight excluding hydrogens is 267 g/mol. The molecule has 0 fully saturated rings. The molecule has 3 nitrogen and oxygen atoms in total. The first-order chi connectivity index (χ1) is 8.28. The minimum Gasteiger partial charge on any atom is -0.508 e. The summed E-state index contributed by atoms with van der Waals surface area (Å²) in [4.78, 5) is 12.1. The summed E-state index contributed by atoms with van der Waals surface area (Å²) in [6.07, 6.45) is -4.40. The molecule has 1 aromatic rings. The maximum atomic E-state index is 11.9. The zero-order valence-corrected chi connectivity index (χ0v) is 10.3. The van der Waals surface area contributed by atoms with Gasteiger partial charge in [-0.1, -0.05) is 0 Å². The first-order valence-electron chi connectivity index (χ1n) is 5.08. The molecule has 0 radical (unpaired) electrons. The SMILES string of the molecule is C[C@H](Sc1ccc(O)cc1)C(=O)NCC(F)(F)F. The molecule has 0 aliphatic heterocycles. The van der Waals surface area contributed by atoms with Crippen molar-refractivity contribution in [2.24, 2.45) is 0 Å². The minimum atomic E-state index is -4.40. The Kier molecular flexibility index (Phi) is 4.89. The van der Waals surface area contributed by atoms with Gasteiger partial charge in [0, 0.05) is 4.90 Å². The summed E-state index contributed by atoms with van der Waals surface area (Å²) in [7, 11) is 0. The highest BCUT2D eigenvalue weighted by Crippen LogP contribution is 2.25. The van der Waals surface area contributed by atoms with Gasteiger partial charge >= 0.3 is 6.18 Å². The van der Waals surface area contributed by atoms with Gasteiger partial charge in [-0.2, -0.15) is 13.2 Å². The monoisotopic (exact) mass is 279 g/mol. The standard InChI is InChI=1S/C11H12F3NO2S/c1-7(10(17)15-6-11(12,13)14)18-9-4-2-8(16)3-5-9/h2-5,7,16H,6H2,1H3,(H,15,17)/t7-/m0/s1. The second-order valence-electron chi connectivity index (χ2n) is 3.59. The summed E-state index contributed by atoms with van der Waals surface area (Å²) in [5.41, 5.74) is 0. The topological polar surface area (TPSA) is 49.3 Å². The van der Waals surface area contributed by atoms with Gasteiger partial charge in [0.1, 0.15) is 12.3 Å². The Morgan fingerprint density at radius 2 is 1.94 bits per heavy atom. The van der Waals surface area contributed by atoms with E-state index >= 15 is 0 Å². The van der Waals surface area contributed by atoms with Crippen LogP contribution in [0.25, 0.3) is 0 Å². The van der Waals surface area contributed by atoms with Crippen LogP contribution >= 0.6 is 11.8 Å². The molecule has 0 spiro atoms. The molecule has 1 aromatic carbocycles. The Morgan fingerprint density at radius 3 is 2.44 bits per heavy atom. The zero-order chi connectivity index (χ0) is 13.8. The largest absolute Gasteiger partial charge is 0.508 e. The number of halogens is 3. The van der Waals surface area contributed by atoms with E-state index in [1.165, 1.54) is 19.1 Å². The molecule has 0 aliphatic rings. The number of carbonyl (C=O) groups excluding carboxylic acids is 1. The van der Waals surface area contributed by atoms with Crippen molar-refractivity contribution < 1.29 is 23.1 Å². The molecular formula is C11H12F3NO2S. The third kappa shape index (κ3) is 5.31. The quantitative estimate of drug-likeness (QED) is 0.833. The Bertz CT molecular complexity index is 406. The summed E-state index contributed by atoms with van der Waals surface area (Å²) in [6.45, 7) is 0.190. The lowest BCUT2D eigenvalue weighted by Crippen LogP contribution is -2.37. The van der Waals surface area contributed by atoms with Gasteiger partial charge in [-0.15, -0.1) is 11.8 Å². The van der Waals surface area contributed by atoms with Crippen molar-refractivity contribution in [2.75, 3.05) is 6.54 Å². The van der Waals surface area contributed by atoms with Crippen LogP contribution in [0.2, 0.25) is 0 Å². The van der Waals surface area contributed by atoms with Gasteiger partial charge in [0.05, 0.1) is 5.25 Å². The van der Waals surface area contributed by atoms with E-state index in [1.807, 2.05) is 5.32 Å². The zero-order valence-electron chi connectivity index (χ0n) is 9.49. The van der Waals surface area contributed by atoms with Gasteiger partial charge in [0.2, 0.25) is 5.91 Å². The summed E-state index contributed by atoms with van der Waals surface area (Å²) in [5, 5.41) is 10.2. The van der Waals surface area contributed by atoms with E-state index in [2.05, 4.69) is 0 Å². The van der Waals surface area contributed by atoms with E-state index < -0.39 is 23.9 Å². The van der Waals surface area contributed by atoms with E-state index in [-0.39, 0.29) is 5.75 Å². The number of hydrogen-bond acceptors (Lipinski definition) is 3. The normalized spacial score (nSPS) is 13.1. The molecule has 0 aliphatic carbocycles. The van der Waals surface area contributed by atoms with Crippen molar-refractivity contribution in [3.05, 3.63) is 24.3 Å². The molecule has 1 amide bonds. The van der Waals surface area contributed by atoms with Crippen LogP contribution < -0.4 is 5.32 Å². The van der Waals surface area contributed by atoms with Crippen LogP contribution in [0.3, 0.4) is 0 Å². The number of benzene rings is 1. The number of aromatic hydroxyl groups is 1. The minimum absolute atomic E-state index is 0.0912. The lowest BCUT2D eigenvalue weighted by atomic mass is 10.3. The van der Waals surface area contributed by atoms with Crippen molar-refractivity contribution in [1.82, 2.24) is 5.32 Å². The third-order valence-corrected chi connectivity index (χ3v) is 3.09. The Labute approximate surface area is 106 Å². The predicted octanol–water partition coefficient (Wildman–Crippen LogP) is 2.55. The van der Waals surface area contributed by atoms with Crippen molar-refractivity contribution in [1.29, 1.82) is 0 Å². The molecule has 0 bridgehead atoms. The fraction of sp³-hybridized carbons (Fsp3) is 0.364. The van der Waals surface area contributed by atoms with E-state index in [0.717, 1.165) is 11.8 Å². The molecule has 100 valence electrons. The van der Waals surface area contributed by atoms with E-state index in [0.29, 0.717) is 4.90 Å². The first kappa shape index (κ1) is 14.7. The van der Waals surface area contributed by atoms with E-state index in [9.17, 15) is 18.0 Å². The van der Waals surface area contributed by atoms with Crippen LogP contribution in [0, 0.1) is 0 Å². The first-order valence-corrected chi connectivity index (χ1v) is 5.96. The second-order valence-corrected chi connectivity index (χ2v) is 5.00. The number of phenols is 1. The molecule has 7 heteroatoms. The average Bonchev–Trinajstić information content (AvgIpc) is 2.28. The maximum Gasteiger partial charge on any atom is 0.405 e. The van der Waals surface area contributed by atoms with E-state index in [4.69, 9.17) is 5.11 Å². The number of hydrogen-bond donors (Lipinski definition) is 2. The molecule has 0 saturated carbocycles. The average molecular weight is 279 g/mol. The maximum absolute atomic E-state index is 11.9. The fourth-order valence-electron chi connectivity index (χ4n) is 1.11. The van der Waals surface area contributed by atoms with Crippen LogP contribution in [0.5, 0.6) is 5.75 Å². The van der Waals surface area contributed by atoms with Crippen molar-refractivity contribution in [3.63, 3.8) is 0 Å². The second kappa shape index (κ2) is 5.99. The lowest BCUT2D eigenvalue weighted by Gasteiger charge is -2.13. The number of amides is 1. The van der Waals surface area contributed by atoms with Crippen LogP contribution in [-0.2, 0) is 4.79 Å². The highest BCUT2D eigenvalue weighted by Gasteiger charge is 2.28. The van der Waals surface area contributed by atoms with Gasteiger partial charge in [0.25, 0.3) is 0 Å². The summed E-state index contributed by atoms with van der Waals surface area (Å²) in [5.74, 6) is -0.584. The number of nitrogens with one attached hydrogen (secondary N) is 1. The van der Waals surface area contributed by atoms with Crippen LogP contribution in [0.1, 0.15) is 6.92 Å². The molecule has 0 heterocycles. The Hall–Kier alpha value is -1.37. The number of rotatable bonds is 4. The highest BCUT2D eigenvalue weighted by molar-refractivity contribution is 8.00. The van der Waals surface area contributed by atoms with Crippen molar-refractivity contribution >= 4 is 17.7 Å². The smallest absolute Gasteiger partial charge is 0.405 e. The number of carbonyl (C=O) groups is 1. The lowest BCUT2D eigenvalue weighted by molar-refractivity contribution is -0.137. The molecule has 0 saturated heterocycles. The highest BCUT2D eigenvalue weighted by atomic mass is 32.2. The summed E-state index contributed by atoms with van der Waals surface area (Å²) >= 11 is 1.12. The predicted molar refractivity (Wildman–Crippen MR) is 62.5 cm³/mol. The summed E-state index contributed by atoms with van der Waals surface area (Å²) < 4.78 is 35.7. The van der Waals surface area contributed by atoms with Crippen LogP contribution in [0.4, 0.5) is 13.2 Å². The number of phenolic OH excluding ortho intramolecular Hbond substituents is 1. The van der Waals surface area contributed by atoms with Gasteiger partial charge in [-0.25, -0.2) is 0 Å². The van der Waals surface area contributed by atoms with Crippen LogP contribution in [0.15, 0.2) is 29.2 Å². The number of thioether (sulfide) groups is 1. The van der Waals surface area contributed by atoms with Crippen LogP contribution in [-0.4, -0.2) is 29.0 Å². The fourth-order valence-corrected chi connectivity index (χ4v) is 2.01. The Morgan fingerprint density at radius 1 is 1.39 bits per heavy atom. The third-order valence-electron chi connectivity index (χ3n) is 1.98. The van der Waals surface area contributed by atoms with Crippen molar-refractivity contribution in [3.8, 4) is 5.75 Å². The molecule has 1 rings (SSSR count). The molecule has 2 N–H and O–H groups in total. The van der Waals surface area contributed by atoms with Gasteiger partial charge in [0.15, 0.2) is 0 Å². The molecule has 0 unspecified atom stereocenters. The molecule has 18 heavy (non-hydrogen) atoms. The Balaban J connectivity index is 2.47. The van der Waals surface area contributed by atoms with Crippen molar-refractivity contribution in [2.45, 2.75) is 23.2 Å². The molecule has 0 aromatic heterocycles. The van der Waals surface area contributed by atoms with E-state index in [1.54, 1.807) is 12.1 Å². The van der Waals surface area contributed by atoms with Gasteiger partial charge in [-0.3, -0.25) is 4.79 Å². The number of alkyl halides is 3. The molecule has 1 atom stereocenters. The van der Waals surface area contributed by atoms with Gasteiger partial charge in [-0.05, 0) is 31.2 Å².